The summed E-state index contributed by atoms with van der Waals surface area (Å²) in [5.41, 5.74) is 0.812. The third kappa shape index (κ3) is 2.35. The summed E-state index contributed by atoms with van der Waals surface area (Å²) in [7, 11) is 0. The zero-order valence-electron chi connectivity index (χ0n) is 15.7. The van der Waals surface area contributed by atoms with Gasteiger partial charge in [0, 0.05) is 11.9 Å². The maximum Gasteiger partial charge on any atom is 0.247 e. The van der Waals surface area contributed by atoms with Gasteiger partial charge in [-0.2, -0.15) is 0 Å². The number of amides is 3. The number of carbonyl (C=O) groups excluding carboxylic acids is 3. The molecular formula is C23H22N2O3. The number of imide groups is 1. The van der Waals surface area contributed by atoms with Gasteiger partial charge < -0.3 is 4.90 Å². The van der Waals surface area contributed by atoms with Crippen molar-refractivity contribution in [1.29, 1.82) is 0 Å². The van der Waals surface area contributed by atoms with Crippen LogP contribution in [0.4, 0.5) is 5.69 Å². The molecule has 4 unspecified atom stereocenters. The van der Waals surface area contributed by atoms with Crippen LogP contribution in [0.2, 0.25) is 0 Å². The maximum atomic E-state index is 13.1. The first-order valence-corrected chi connectivity index (χ1v) is 9.92. The van der Waals surface area contributed by atoms with Gasteiger partial charge in [-0.1, -0.05) is 48.6 Å². The lowest BCUT2D eigenvalue weighted by molar-refractivity contribution is -0.143. The molecule has 0 aromatic heterocycles. The smallest absolute Gasteiger partial charge is 0.247 e. The molecule has 1 saturated carbocycles. The Labute approximate surface area is 163 Å². The van der Waals surface area contributed by atoms with Crippen LogP contribution in [0.15, 0.2) is 54.6 Å². The highest BCUT2D eigenvalue weighted by Gasteiger charge is 2.59. The van der Waals surface area contributed by atoms with Crippen LogP contribution in [-0.2, 0) is 14.4 Å². The molecule has 2 bridgehead atoms. The van der Waals surface area contributed by atoms with Crippen molar-refractivity contribution in [2.24, 2.45) is 23.7 Å². The molecule has 1 heterocycles. The van der Waals surface area contributed by atoms with Gasteiger partial charge in [0.1, 0.15) is 6.54 Å². The Morgan fingerprint density at radius 3 is 2.32 bits per heavy atom. The van der Waals surface area contributed by atoms with E-state index < -0.39 is 0 Å². The predicted molar refractivity (Wildman–Crippen MR) is 106 cm³/mol. The van der Waals surface area contributed by atoms with E-state index in [1.54, 1.807) is 4.90 Å². The van der Waals surface area contributed by atoms with Gasteiger partial charge in [0.2, 0.25) is 17.7 Å². The summed E-state index contributed by atoms with van der Waals surface area (Å²) in [5.74, 6) is -0.770. The van der Waals surface area contributed by atoms with Crippen molar-refractivity contribution in [3.8, 4) is 0 Å². The van der Waals surface area contributed by atoms with Gasteiger partial charge in [0.25, 0.3) is 0 Å². The molecule has 3 aliphatic rings. The van der Waals surface area contributed by atoms with E-state index in [4.69, 9.17) is 0 Å². The van der Waals surface area contributed by atoms with Crippen LogP contribution < -0.4 is 4.90 Å². The number of likely N-dealkylation sites (tertiary alicyclic amines) is 1. The van der Waals surface area contributed by atoms with Crippen molar-refractivity contribution in [3.05, 3.63) is 54.6 Å². The van der Waals surface area contributed by atoms with Gasteiger partial charge in [-0.05, 0) is 36.6 Å². The summed E-state index contributed by atoms with van der Waals surface area (Å²) in [5, 5.41) is 2.04. The van der Waals surface area contributed by atoms with Crippen LogP contribution >= 0.6 is 0 Å². The average Bonchev–Trinajstić information content (AvgIpc) is 3.39. The number of fused-ring (bicyclic) bond motifs is 6. The average molecular weight is 374 g/mol. The molecule has 2 aromatic rings. The Balaban J connectivity index is 1.42. The van der Waals surface area contributed by atoms with Gasteiger partial charge in [0.05, 0.1) is 17.5 Å². The number of carbonyl (C=O) groups is 3. The molecule has 2 fully saturated rings. The quantitative estimate of drug-likeness (QED) is 0.611. The Morgan fingerprint density at radius 1 is 1.00 bits per heavy atom. The first kappa shape index (κ1) is 17.2. The van der Waals surface area contributed by atoms with Crippen LogP contribution in [-0.4, -0.2) is 35.7 Å². The highest BCUT2D eigenvalue weighted by molar-refractivity contribution is 6.11. The Bertz CT molecular complexity index is 992. The molecule has 0 radical (unpaired) electrons. The minimum atomic E-state index is -0.261. The molecule has 142 valence electrons. The van der Waals surface area contributed by atoms with Crippen molar-refractivity contribution in [2.75, 3.05) is 18.0 Å². The molecule has 1 aliphatic heterocycles. The summed E-state index contributed by atoms with van der Waals surface area (Å²) in [6, 6.07) is 13.8. The zero-order valence-corrected chi connectivity index (χ0v) is 15.7. The Hall–Kier alpha value is -2.95. The molecule has 0 N–H and O–H groups in total. The van der Waals surface area contributed by atoms with Crippen molar-refractivity contribution < 1.29 is 14.4 Å². The second-order valence-electron chi connectivity index (χ2n) is 7.90. The van der Waals surface area contributed by atoms with E-state index in [2.05, 4.69) is 12.2 Å². The zero-order chi connectivity index (χ0) is 19.4. The van der Waals surface area contributed by atoms with Gasteiger partial charge in [-0.15, -0.1) is 0 Å². The van der Waals surface area contributed by atoms with Gasteiger partial charge >= 0.3 is 0 Å². The minimum Gasteiger partial charge on any atom is -0.311 e. The third-order valence-electron chi connectivity index (χ3n) is 6.53. The molecule has 4 atom stereocenters. The summed E-state index contributed by atoms with van der Waals surface area (Å²) in [6.07, 6.45) is 5.03. The molecule has 5 rings (SSSR count). The van der Waals surface area contributed by atoms with Crippen LogP contribution in [0.1, 0.15) is 13.3 Å². The van der Waals surface area contributed by atoms with Crippen molar-refractivity contribution in [3.63, 3.8) is 0 Å². The molecule has 5 nitrogen and oxygen atoms in total. The molecule has 3 amide bonds. The number of likely N-dealkylation sites (N-methyl/N-ethyl adjacent to an activating group) is 1. The number of hydrogen-bond donors (Lipinski definition) is 0. The van der Waals surface area contributed by atoms with E-state index >= 15 is 0 Å². The highest BCUT2D eigenvalue weighted by Crippen LogP contribution is 2.52. The number of allylic oxidation sites excluding steroid dienone is 2. The van der Waals surface area contributed by atoms with Gasteiger partial charge in [-0.3, -0.25) is 19.3 Å². The highest BCUT2D eigenvalue weighted by atomic mass is 16.2. The normalized spacial score (nSPS) is 27.7. The number of rotatable bonds is 4. The van der Waals surface area contributed by atoms with Crippen LogP contribution in [0.5, 0.6) is 0 Å². The fourth-order valence-corrected chi connectivity index (χ4v) is 5.27. The fourth-order valence-electron chi connectivity index (χ4n) is 5.27. The first-order chi connectivity index (χ1) is 13.6. The lowest BCUT2D eigenvalue weighted by Crippen LogP contribution is -2.44. The minimum absolute atomic E-state index is 0.159. The number of hydrogen-bond acceptors (Lipinski definition) is 3. The summed E-state index contributed by atoms with van der Waals surface area (Å²) in [4.78, 5) is 41.8. The molecule has 2 aromatic carbocycles. The van der Waals surface area contributed by atoms with E-state index in [0.29, 0.717) is 6.54 Å². The SMILES string of the molecule is CCN(C(=O)CN1C(=O)C2C3C=CC(C3)C2C1=O)c1cccc2ccccc12. The second kappa shape index (κ2) is 6.30. The first-order valence-electron chi connectivity index (χ1n) is 9.92. The van der Waals surface area contributed by atoms with E-state index in [9.17, 15) is 14.4 Å². The largest absolute Gasteiger partial charge is 0.311 e. The lowest BCUT2D eigenvalue weighted by Gasteiger charge is -2.25. The summed E-state index contributed by atoms with van der Waals surface area (Å²) in [6.45, 7) is 2.20. The Kier molecular flexibility index (Phi) is 3.86. The lowest BCUT2D eigenvalue weighted by atomic mass is 9.85. The monoisotopic (exact) mass is 374 g/mol. The van der Waals surface area contributed by atoms with Gasteiger partial charge in [-0.25, -0.2) is 0 Å². The van der Waals surface area contributed by atoms with E-state index in [-0.39, 0.29) is 47.9 Å². The molecule has 5 heteroatoms. The van der Waals surface area contributed by atoms with E-state index in [1.165, 1.54) is 4.90 Å². The maximum absolute atomic E-state index is 13.1. The molecule has 0 spiro atoms. The van der Waals surface area contributed by atoms with E-state index in [1.807, 2.05) is 49.4 Å². The molecule has 28 heavy (non-hydrogen) atoms. The third-order valence-corrected chi connectivity index (χ3v) is 6.53. The summed E-state index contributed by atoms with van der Waals surface area (Å²) >= 11 is 0. The van der Waals surface area contributed by atoms with Gasteiger partial charge in [0.15, 0.2) is 0 Å². The van der Waals surface area contributed by atoms with Crippen molar-refractivity contribution in [1.82, 2.24) is 4.90 Å². The van der Waals surface area contributed by atoms with Crippen LogP contribution in [0, 0.1) is 23.7 Å². The van der Waals surface area contributed by atoms with Crippen LogP contribution in [0.3, 0.4) is 0 Å². The number of nitrogens with zero attached hydrogens (tertiary/aromatic N) is 2. The standard InChI is InChI=1S/C23H22N2O3/c1-2-24(18-9-5-7-14-6-3-4-8-17(14)18)19(26)13-25-22(27)20-15-10-11-16(12-15)21(20)23(25)28/h3-11,15-16,20-21H,2,12-13H2,1H3. The van der Waals surface area contributed by atoms with Crippen molar-refractivity contribution >= 4 is 34.2 Å². The predicted octanol–water partition coefficient (Wildman–Crippen LogP) is 3.00. The Morgan fingerprint density at radius 2 is 1.64 bits per heavy atom. The molecular weight excluding hydrogens is 352 g/mol. The van der Waals surface area contributed by atoms with Crippen molar-refractivity contribution in [2.45, 2.75) is 13.3 Å². The van der Waals surface area contributed by atoms with Crippen LogP contribution in [0.25, 0.3) is 10.8 Å². The fraction of sp³-hybridized carbons (Fsp3) is 0.348. The number of anilines is 1. The van der Waals surface area contributed by atoms with E-state index in [0.717, 1.165) is 22.9 Å². The summed E-state index contributed by atoms with van der Waals surface area (Å²) < 4.78 is 0. The number of benzene rings is 2. The molecule has 1 saturated heterocycles. The topological polar surface area (TPSA) is 57.7 Å². The second-order valence-corrected chi connectivity index (χ2v) is 7.90. The molecule has 2 aliphatic carbocycles.